The molecule has 2 aromatic rings. The Bertz CT molecular complexity index is 745. The largest absolute Gasteiger partial charge is 0.482 e. The predicted molar refractivity (Wildman–Crippen MR) is 90.5 cm³/mol. The zero-order valence-corrected chi connectivity index (χ0v) is 13.6. The molecule has 0 fully saturated rings. The predicted octanol–water partition coefficient (Wildman–Crippen LogP) is 2.66. The lowest BCUT2D eigenvalue weighted by atomic mass is 10.1. The highest BCUT2D eigenvalue weighted by Gasteiger charge is 2.05. The molecule has 24 heavy (non-hydrogen) atoms. The molecule has 7 heteroatoms. The van der Waals surface area contributed by atoms with Gasteiger partial charge in [-0.2, -0.15) is 5.10 Å². The molecule has 1 amide bonds. The number of amides is 1. The molecule has 6 nitrogen and oxygen atoms in total. The second-order valence-corrected chi connectivity index (χ2v) is 5.03. The van der Waals surface area contributed by atoms with Crippen LogP contribution >= 0.6 is 11.6 Å². The third-order valence-corrected chi connectivity index (χ3v) is 3.24. The van der Waals surface area contributed by atoms with Crippen LogP contribution in [0.5, 0.6) is 5.75 Å². The standard InChI is InChI=1S/C17H15ClN2O4/c1-23-17(22)13-8-6-12(7-9-13)10-19-20-16(21)11-24-15-5-3-2-4-14(15)18/h2-10H,11H2,1H3,(H,20,21)/b19-10+. The van der Waals surface area contributed by atoms with Crippen LogP contribution < -0.4 is 10.2 Å². The van der Waals surface area contributed by atoms with Crippen molar-refractivity contribution in [2.45, 2.75) is 0 Å². The molecule has 0 radical (unpaired) electrons. The van der Waals surface area contributed by atoms with E-state index in [1.807, 2.05) is 0 Å². The summed E-state index contributed by atoms with van der Waals surface area (Å²) < 4.78 is 9.89. The van der Waals surface area contributed by atoms with E-state index in [1.54, 1.807) is 48.5 Å². The fourth-order valence-corrected chi connectivity index (χ4v) is 1.93. The molecule has 2 rings (SSSR count). The summed E-state index contributed by atoms with van der Waals surface area (Å²) in [6.45, 7) is -0.206. The number of methoxy groups -OCH3 is 1. The summed E-state index contributed by atoms with van der Waals surface area (Å²) >= 11 is 5.92. The third-order valence-electron chi connectivity index (χ3n) is 2.93. The van der Waals surface area contributed by atoms with Gasteiger partial charge in [-0.05, 0) is 29.8 Å². The van der Waals surface area contributed by atoms with E-state index in [0.29, 0.717) is 16.3 Å². The SMILES string of the molecule is COC(=O)c1ccc(/C=N/NC(=O)COc2ccccc2Cl)cc1. The molecule has 124 valence electrons. The number of hydrogen-bond donors (Lipinski definition) is 1. The highest BCUT2D eigenvalue weighted by atomic mass is 35.5. The second kappa shape index (κ2) is 8.69. The van der Waals surface area contributed by atoms with E-state index in [9.17, 15) is 9.59 Å². The monoisotopic (exact) mass is 346 g/mol. The van der Waals surface area contributed by atoms with Crippen molar-refractivity contribution in [3.05, 3.63) is 64.7 Å². The van der Waals surface area contributed by atoms with E-state index < -0.39 is 11.9 Å². The van der Waals surface area contributed by atoms with Crippen LogP contribution in [0.2, 0.25) is 5.02 Å². The summed E-state index contributed by atoms with van der Waals surface area (Å²) in [5.41, 5.74) is 3.49. The maximum Gasteiger partial charge on any atom is 0.337 e. The quantitative estimate of drug-likeness (QED) is 0.495. The Morgan fingerprint density at radius 3 is 2.54 bits per heavy atom. The molecule has 0 spiro atoms. The van der Waals surface area contributed by atoms with E-state index in [0.717, 1.165) is 5.56 Å². The molecule has 0 saturated carbocycles. The Morgan fingerprint density at radius 2 is 1.88 bits per heavy atom. The van der Waals surface area contributed by atoms with E-state index in [-0.39, 0.29) is 6.61 Å². The molecule has 0 unspecified atom stereocenters. The van der Waals surface area contributed by atoms with Crippen LogP contribution in [0.25, 0.3) is 0 Å². The van der Waals surface area contributed by atoms with Crippen molar-refractivity contribution in [2.75, 3.05) is 13.7 Å². The number of nitrogens with one attached hydrogen (secondary N) is 1. The number of carbonyl (C=O) groups excluding carboxylic acids is 2. The van der Waals surface area contributed by atoms with Crippen molar-refractivity contribution in [1.29, 1.82) is 0 Å². The van der Waals surface area contributed by atoms with Crippen molar-refractivity contribution in [3.63, 3.8) is 0 Å². The minimum atomic E-state index is -0.419. The fourth-order valence-electron chi connectivity index (χ4n) is 1.74. The van der Waals surface area contributed by atoms with E-state index in [2.05, 4.69) is 15.3 Å². The van der Waals surface area contributed by atoms with Gasteiger partial charge in [0, 0.05) is 0 Å². The van der Waals surface area contributed by atoms with Gasteiger partial charge in [-0.15, -0.1) is 0 Å². The summed E-state index contributed by atoms with van der Waals surface area (Å²) in [7, 11) is 1.32. The number of halogens is 1. The van der Waals surface area contributed by atoms with Crippen molar-refractivity contribution in [3.8, 4) is 5.75 Å². The fraction of sp³-hybridized carbons (Fsp3) is 0.118. The van der Waals surface area contributed by atoms with Crippen molar-refractivity contribution >= 4 is 29.7 Å². The lowest BCUT2D eigenvalue weighted by Crippen LogP contribution is -2.24. The van der Waals surface area contributed by atoms with Gasteiger partial charge >= 0.3 is 5.97 Å². The highest BCUT2D eigenvalue weighted by Crippen LogP contribution is 2.22. The van der Waals surface area contributed by atoms with Gasteiger partial charge in [0.05, 0.1) is 23.9 Å². The normalized spacial score (nSPS) is 10.4. The maximum atomic E-state index is 11.6. The number of rotatable bonds is 6. The molecular weight excluding hydrogens is 332 g/mol. The lowest BCUT2D eigenvalue weighted by Gasteiger charge is -2.06. The summed E-state index contributed by atoms with van der Waals surface area (Å²) in [6, 6.07) is 13.4. The van der Waals surface area contributed by atoms with E-state index in [1.165, 1.54) is 13.3 Å². The highest BCUT2D eigenvalue weighted by molar-refractivity contribution is 6.32. The number of benzene rings is 2. The van der Waals surface area contributed by atoms with Gasteiger partial charge in [0.15, 0.2) is 6.61 Å². The molecule has 1 N–H and O–H groups in total. The maximum absolute atomic E-state index is 11.6. The number of para-hydroxylation sites is 1. The van der Waals surface area contributed by atoms with Crippen LogP contribution in [0.1, 0.15) is 15.9 Å². The number of ether oxygens (including phenoxy) is 2. The van der Waals surface area contributed by atoms with Crippen LogP contribution in [-0.2, 0) is 9.53 Å². The molecule has 0 saturated heterocycles. The molecule has 0 aliphatic carbocycles. The third kappa shape index (κ3) is 5.10. The first-order valence-electron chi connectivity index (χ1n) is 6.98. The van der Waals surface area contributed by atoms with Gasteiger partial charge in [-0.1, -0.05) is 35.9 Å². The molecule has 2 aromatic carbocycles. The summed E-state index contributed by atoms with van der Waals surface area (Å²) in [6.07, 6.45) is 1.45. The second-order valence-electron chi connectivity index (χ2n) is 4.63. The number of hydrazone groups is 1. The van der Waals surface area contributed by atoms with Gasteiger partial charge < -0.3 is 9.47 Å². The molecule has 0 bridgehead atoms. The minimum absolute atomic E-state index is 0.206. The lowest BCUT2D eigenvalue weighted by molar-refractivity contribution is -0.123. The van der Waals surface area contributed by atoms with Gasteiger partial charge in [0.1, 0.15) is 5.75 Å². The van der Waals surface area contributed by atoms with E-state index >= 15 is 0 Å². The number of hydrogen-bond acceptors (Lipinski definition) is 5. The van der Waals surface area contributed by atoms with Gasteiger partial charge in [-0.25, -0.2) is 10.2 Å². The first kappa shape index (κ1) is 17.5. The van der Waals surface area contributed by atoms with Crippen LogP contribution in [0.4, 0.5) is 0 Å². The average Bonchev–Trinajstić information content (AvgIpc) is 2.61. The Morgan fingerprint density at radius 1 is 1.17 bits per heavy atom. The van der Waals surface area contributed by atoms with Crippen LogP contribution in [0, 0.1) is 0 Å². The number of nitrogens with zero attached hydrogens (tertiary/aromatic N) is 1. The van der Waals surface area contributed by atoms with Crippen molar-refractivity contribution in [2.24, 2.45) is 5.10 Å². The summed E-state index contributed by atoms with van der Waals surface area (Å²) in [4.78, 5) is 23.0. The molecular formula is C17H15ClN2O4. The van der Waals surface area contributed by atoms with Gasteiger partial charge in [0.25, 0.3) is 5.91 Å². The first-order chi connectivity index (χ1) is 11.6. The molecule has 0 aromatic heterocycles. The Kier molecular flexibility index (Phi) is 6.33. The van der Waals surface area contributed by atoms with Crippen molar-refractivity contribution < 1.29 is 19.1 Å². The Labute approximate surface area is 144 Å². The van der Waals surface area contributed by atoms with Gasteiger partial charge in [0.2, 0.25) is 0 Å². The smallest absolute Gasteiger partial charge is 0.337 e. The van der Waals surface area contributed by atoms with Crippen LogP contribution in [0.15, 0.2) is 53.6 Å². The zero-order valence-electron chi connectivity index (χ0n) is 12.9. The summed E-state index contributed by atoms with van der Waals surface area (Å²) in [5, 5.41) is 4.25. The van der Waals surface area contributed by atoms with Gasteiger partial charge in [-0.3, -0.25) is 4.79 Å². The molecule has 0 heterocycles. The Hall–Kier alpha value is -2.86. The minimum Gasteiger partial charge on any atom is -0.482 e. The molecule has 0 atom stereocenters. The number of carbonyl (C=O) groups is 2. The first-order valence-corrected chi connectivity index (χ1v) is 7.35. The van der Waals surface area contributed by atoms with E-state index in [4.69, 9.17) is 16.3 Å². The van der Waals surface area contributed by atoms with Crippen LogP contribution in [-0.4, -0.2) is 31.8 Å². The zero-order chi connectivity index (χ0) is 17.4. The van der Waals surface area contributed by atoms with Crippen LogP contribution in [0.3, 0.4) is 0 Å². The average molecular weight is 347 g/mol. The van der Waals surface area contributed by atoms with Crippen molar-refractivity contribution in [1.82, 2.24) is 5.43 Å². The topological polar surface area (TPSA) is 77.0 Å². The Balaban J connectivity index is 1.82. The summed E-state index contributed by atoms with van der Waals surface area (Å²) in [5.74, 6) is -0.405. The molecule has 0 aliphatic heterocycles. The molecule has 0 aliphatic rings. The number of esters is 1.